The molecule has 6 nitrogen and oxygen atoms in total. The number of amides is 1. The molecule has 2 heterocycles. The molecule has 0 spiro atoms. The first kappa shape index (κ1) is 17.1. The molecule has 2 aromatic heterocycles. The van der Waals surface area contributed by atoms with Crippen LogP contribution in [0.4, 0.5) is 23.7 Å². The predicted molar refractivity (Wildman–Crippen MR) is 76.8 cm³/mol. The molecule has 2 aromatic rings. The van der Waals surface area contributed by atoms with Gasteiger partial charge >= 0.3 is 12.3 Å². The number of halogens is 4. The number of alkyl halides is 3. The van der Waals surface area contributed by atoms with Gasteiger partial charge in [0.2, 0.25) is 0 Å². The minimum absolute atomic E-state index is 0.0420. The summed E-state index contributed by atoms with van der Waals surface area (Å²) < 4.78 is 42.0. The van der Waals surface area contributed by atoms with E-state index < -0.39 is 18.9 Å². The third-order valence-corrected chi connectivity index (χ3v) is 3.02. The van der Waals surface area contributed by atoms with Gasteiger partial charge in [-0.15, -0.1) is 0 Å². The van der Waals surface area contributed by atoms with Gasteiger partial charge in [0.15, 0.2) is 11.8 Å². The van der Waals surface area contributed by atoms with Gasteiger partial charge < -0.3 is 4.74 Å². The quantitative estimate of drug-likeness (QED) is 0.849. The van der Waals surface area contributed by atoms with E-state index in [0.717, 1.165) is 4.90 Å². The average Bonchev–Trinajstić information content (AvgIpc) is 2.88. The molecular formula is C13H12ClF3N4O2. The fraction of sp³-hybridized carbons (Fsp3) is 0.308. The van der Waals surface area contributed by atoms with Crippen molar-refractivity contribution < 1.29 is 22.7 Å². The average molecular weight is 349 g/mol. The monoisotopic (exact) mass is 348 g/mol. The van der Waals surface area contributed by atoms with Crippen molar-refractivity contribution in [1.29, 1.82) is 0 Å². The molecule has 0 aromatic carbocycles. The molecule has 0 N–H and O–H groups in total. The normalized spacial score (nSPS) is 11.3. The van der Waals surface area contributed by atoms with Crippen LogP contribution in [-0.2, 0) is 4.74 Å². The summed E-state index contributed by atoms with van der Waals surface area (Å²) in [6, 6.07) is 3.39. The number of carbonyl (C=O) groups excluding carboxylic acids is 1. The molecule has 10 heteroatoms. The Balaban J connectivity index is 2.21. The van der Waals surface area contributed by atoms with Gasteiger partial charge in [-0.3, -0.25) is 9.88 Å². The molecule has 0 bridgehead atoms. The third kappa shape index (κ3) is 4.35. The maximum Gasteiger partial charge on any atom is 0.422 e. The Morgan fingerprint density at radius 1 is 1.48 bits per heavy atom. The molecule has 23 heavy (non-hydrogen) atoms. The van der Waals surface area contributed by atoms with Crippen LogP contribution in [0.25, 0.3) is 5.69 Å². The minimum Gasteiger partial charge on any atom is -0.439 e. The SMILES string of the molecule is CCN(C(=O)OCC(F)(F)F)c1cn(-c2cccnc2)nc1Cl. The molecular weight excluding hydrogens is 337 g/mol. The van der Waals surface area contributed by atoms with Gasteiger partial charge in [-0.2, -0.15) is 18.3 Å². The molecule has 0 aliphatic rings. The summed E-state index contributed by atoms with van der Waals surface area (Å²) >= 11 is 5.98. The number of anilines is 1. The molecule has 0 aliphatic carbocycles. The van der Waals surface area contributed by atoms with Crippen molar-refractivity contribution in [2.24, 2.45) is 0 Å². The van der Waals surface area contributed by atoms with Crippen LogP contribution in [0.5, 0.6) is 0 Å². The maximum atomic E-state index is 12.1. The molecule has 0 aliphatic heterocycles. The summed E-state index contributed by atoms with van der Waals surface area (Å²) in [5, 5.41) is 3.97. The van der Waals surface area contributed by atoms with Crippen LogP contribution in [0, 0.1) is 0 Å². The number of pyridine rings is 1. The van der Waals surface area contributed by atoms with E-state index in [0.29, 0.717) is 5.69 Å². The minimum atomic E-state index is -4.60. The van der Waals surface area contributed by atoms with E-state index in [1.54, 1.807) is 25.3 Å². The van der Waals surface area contributed by atoms with Crippen molar-refractivity contribution in [2.75, 3.05) is 18.1 Å². The number of aromatic nitrogens is 3. The number of hydrogen-bond acceptors (Lipinski definition) is 4. The standard InChI is InChI=1S/C13H12ClF3N4O2/c1-2-20(12(22)23-8-13(15,16)17)10-7-21(19-11(10)14)9-4-3-5-18-6-9/h3-7H,2,8H2,1H3. The topological polar surface area (TPSA) is 60.2 Å². The fourth-order valence-corrected chi connectivity index (χ4v) is 2.00. The summed E-state index contributed by atoms with van der Waals surface area (Å²) in [7, 11) is 0. The zero-order chi connectivity index (χ0) is 17.0. The van der Waals surface area contributed by atoms with Gasteiger partial charge in [0, 0.05) is 12.7 Å². The van der Waals surface area contributed by atoms with E-state index in [1.165, 1.54) is 17.1 Å². The molecule has 0 atom stereocenters. The highest BCUT2D eigenvalue weighted by molar-refractivity contribution is 6.32. The lowest BCUT2D eigenvalue weighted by molar-refractivity contribution is -0.159. The summed E-state index contributed by atoms with van der Waals surface area (Å²) in [4.78, 5) is 16.7. The molecule has 0 fully saturated rings. The van der Waals surface area contributed by atoms with Crippen molar-refractivity contribution in [2.45, 2.75) is 13.1 Å². The summed E-state index contributed by atoms with van der Waals surface area (Å²) in [5.41, 5.74) is 0.727. The van der Waals surface area contributed by atoms with E-state index in [-0.39, 0.29) is 17.4 Å². The van der Waals surface area contributed by atoms with Crippen molar-refractivity contribution in [3.05, 3.63) is 35.9 Å². The Kier molecular flexibility index (Phi) is 5.09. The van der Waals surface area contributed by atoms with Crippen LogP contribution in [0.3, 0.4) is 0 Å². The number of nitrogens with zero attached hydrogens (tertiary/aromatic N) is 4. The highest BCUT2D eigenvalue weighted by Crippen LogP contribution is 2.27. The van der Waals surface area contributed by atoms with Crippen LogP contribution in [0.15, 0.2) is 30.7 Å². The van der Waals surface area contributed by atoms with Crippen LogP contribution in [0.1, 0.15) is 6.92 Å². The van der Waals surface area contributed by atoms with E-state index in [2.05, 4.69) is 14.8 Å². The zero-order valence-corrected chi connectivity index (χ0v) is 12.7. The second-order valence-corrected chi connectivity index (χ2v) is 4.73. The van der Waals surface area contributed by atoms with Crippen molar-refractivity contribution in [1.82, 2.24) is 14.8 Å². The van der Waals surface area contributed by atoms with Gasteiger partial charge in [0.25, 0.3) is 0 Å². The summed E-state index contributed by atoms with van der Waals surface area (Å²) in [5.74, 6) is 0. The Labute approximate surface area is 134 Å². The first-order valence-electron chi connectivity index (χ1n) is 6.48. The lowest BCUT2D eigenvalue weighted by Gasteiger charge is -2.19. The molecule has 0 unspecified atom stereocenters. The molecule has 0 saturated heterocycles. The predicted octanol–water partition coefficient (Wildman–Crippen LogP) is 3.45. The Bertz CT molecular complexity index is 676. The second-order valence-electron chi connectivity index (χ2n) is 4.37. The maximum absolute atomic E-state index is 12.1. The highest BCUT2D eigenvalue weighted by Gasteiger charge is 2.31. The van der Waals surface area contributed by atoms with Crippen molar-refractivity contribution >= 4 is 23.4 Å². The van der Waals surface area contributed by atoms with Crippen LogP contribution >= 0.6 is 11.6 Å². The molecule has 2 rings (SSSR count). The van der Waals surface area contributed by atoms with Crippen molar-refractivity contribution in [3.8, 4) is 5.69 Å². The van der Waals surface area contributed by atoms with Gasteiger partial charge in [0.05, 0.1) is 18.1 Å². The summed E-state index contributed by atoms with van der Waals surface area (Å²) in [6.45, 7) is -0.0293. The largest absolute Gasteiger partial charge is 0.439 e. The van der Waals surface area contributed by atoms with Crippen molar-refractivity contribution in [3.63, 3.8) is 0 Å². The van der Waals surface area contributed by atoms with Crippen LogP contribution in [0.2, 0.25) is 5.15 Å². The zero-order valence-electron chi connectivity index (χ0n) is 11.9. The number of ether oxygens (including phenoxy) is 1. The molecule has 1 amide bonds. The van der Waals surface area contributed by atoms with Gasteiger partial charge in [-0.1, -0.05) is 11.6 Å². The summed E-state index contributed by atoms with van der Waals surface area (Å²) in [6.07, 6.45) is -1.25. The first-order valence-corrected chi connectivity index (χ1v) is 6.86. The third-order valence-electron chi connectivity index (χ3n) is 2.75. The highest BCUT2D eigenvalue weighted by atomic mass is 35.5. The van der Waals surface area contributed by atoms with E-state index in [1.807, 2.05) is 0 Å². The Morgan fingerprint density at radius 3 is 2.78 bits per heavy atom. The number of hydrogen-bond donors (Lipinski definition) is 0. The second kappa shape index (κ2) is 6.86. The molecule has 0 radical (unpaired) electrons. The first-order chi connectivity index (χ1) is 10.8. The Morgan fingerprint density at radius 2 is 2.22 bits per heavy atom. The van der Waals surface area contributed by atoms with Gasteiger partial charge in [-0.05, 0) is 19.1 Å². The number of rotatable bonds is 4. The van der Waals surface area contributed by atoms with Gasteiger partial charge in [-0.25, -0.2) is 9.48 Å². The van der Waals surface area contributed by atoms with Gasteiger partial charge in [0.1, 0.15) is 5.69 Å². The molecule has 0 saturated carbocycles. The van der Waals surface area contributed by atoms with E-state index >= 15 is 0 Å². The van der Waals surface area contributed by atoms with Crippen LogP contribution in [-0.4, -0.2) is 40.2 Å². The fourth-order valence-electron chi connectivity index (χ4n) is 1.77. The van der Waals surface area contributed by atoms with Crippen LogP contribution < -0.4 is 4.90 Å². The lowest BCUT2D eigenvalue weighted by Crippen LogP contribution is -2.34. The smallest absolute Gasteiger partial charge is 0.422 e. The molecule has 124 valence electrons. The lowest BCUT2D eigenvalue weighted by atomic mass is 10.4. The van der Waals surface area contributed by atoms with E-state index in [4.69, 9.17) is 11.6 Å². The number of carbonyl (C=O) groups is 1. The Hall–Kier alpha value is -2.29. The van der Waals surface area contributed by atoms with E-state index in [9.17, 15) is 18.0 Å².